The van der Waals surface area contributed by atoms with E-state index in [2.05, 4.69) is 17.2 Å². The number of likely N-dealkylation sites (tertiary alicyclic amines) is 1. The largest absolute Gasteiger partial charge is 0.382 e. The average molecular weight is 296 g/mol. The molecule has 0 radical (unpaired) electrons. The zero-order chi connectivity index (χ0) is 14.5. The van der Waals surface area contributed by atoms with Crippen LogP contribution in [-0.2, 0) is 0 Å². The van der Waals surface area contributed by atoms with E-state index in [0.29, 0.717) is 16.7 Å². The Morgan fingerprint density at radius 2 is 2.30 bits per heavy atom. The highest BCUT2D eigenvalue weighted by atomic mass is 32.1. The number of nitrogens with zero attached hydrogens (tertiary/aromatic N) is 2. The third-order valence-corrected chi connectivity index (χ3v) is 4.70. The highest BCUT2D eigenvalue weighted by Crippen LogP contribution is 2.29. The van der Waals surface area contributed by atoms with Crippen molar-refractivity contribution in [2.75, 3.05) is 24.1 Å². The van der Waals surface area contributed by atoms with Gasteiger partial charge in [-0.3, -0.25) is 4.79 Å². The number of nitrogens with two attached hydrogens (primary N) is 1. The van der Waals surface area contributed by atoms with Gasteiger partial charge >= 0.3 is 0 Å². The van der Waals surface area contributed by atoms with E-state index in [0.717, 1.165) is 43.9 Å². The van der Waals surface area contributed by atoms with Gasteiger partial charge in [-0.2, -0.15) is 0 Å². The van der Waals surface area contributed by atoms with Gasteiger partial charge in [-0.1, -0.05) is 24.7 Å². The molecule has 1 aromatic rings. The molecule has 5 nitrogen and oxygen atoms in total. The summed E-state index contributed by atoms with van der Waals surface area (Å²) in [7, 11) is 0. The highest BCUT2D eigenvalue weighted by molar-refractivity contribution is 7.18. The molecule has 6 heteroatoms. The van der Waals surface area contributed by atoms with Crippen LogP contribution < -0.4 is 11.1 Å². The minimum Gasteiger partial charge on any atom is -0.382 e. The monoisotopic (exact) mass is 296 g/mol. The van der Waals surface area contributed by atoms with Crippen LogP contribution in [-0.4, -0.2) is 34.9 Å². The standard InChI is InChI=1S/C14H24N4OS/c1-3-7-10-8-5-6-9-18(10)13(19)11-12(15)17-14(20-11)16-4-2/h10H,3-9,15H2,1-2H3,(H,16,17). The Morgan fingerprint density at radius 1 is 1.50 bits per heavy atom. The van der Waals surface area contributed by atoms with Gasteiger partial charge in [0.15, 0.2) is 5.13 Å². The van der Waals surface area contributed by atoms with Gasteiger partial charge in [0.1, 0.15) is 10.7 Å². The van der Waals surface area contributed by atoms with Gasteiger partial charge in [0.05, 0.1) is 0 Å². The summed E-state index contributed by atoms with van der Waals surface area (Å²) in [6.07, 6.45) is 5.60. The molecule has 0 spiro atoms. The Balaban J connectivity index is 2.16. The van der Waals surface area contributed by atoms with Gasteiger partial charge in [0, 0.05) is 19.1 Å². The van der Waals surface area contributed by atoms with Crippen molar-refractivity contribution in [2.45, 2.75) is 52.0 Å². The first-order chi connectivity index (χ1) is 9.67. The number of aromatic nitrogens is 1. The summed E-state index contributed by atoms with van der Waals surface area (Å²) in [5.74, 6) is 0.416. The number of hydrogen-bond acceptors (Lipinski definition) is 5. The van der Waals surface area contributed by atoms with Crippen LogP contribution in [0, 0.1) is 0 Å². The topological polar surface area (TPSA) is 71.2 Å². The van der Waals surface area contributed by atoms with Crippen molar-refractivity contribution >= 4 is 28.2 Å². The molecule has 1 fully saturated rings. The van der Waals surface area contributed by atoms with Crippen LogP contribution in [0.1, 0.15) is 55.6 Å². The second-order valence-corrected chi connectivity index (χ2v) is 6.20. The maximum absolute atomic E-state index is 12.7. The quantitative estimate of drug-likeness (QED) is 0.876. The number of rotatable bonds is 5. The normalized spacial score (nSPS) is 19.1. The SMILES string of the molecule is CCCC1CCCCN1C(=O)c1sc(NCC)nc1N. The lowest BCUT2D eigenvalue weighted by Crippen LogP contribution is -2.43. The Hall–Kier alpha value is -1.30. The molecule has 1 aliphatic rings. The van der Waals surface area contributed by atoms with E-state index in [-0.39, 0.29) is 5.91 Å². The van der Waals surface area contributed by atoms with Crippen LogP contribution in [0.4, 0.5) is 10.9 Å². The first kappa shape index (κ1) is 15.1. The van der Waals surface area contributed by atoms with Gasteiger partial charge in [-0.15, -0.1) is 0 Å². The molecule has 2 rings (SSSR count). The fourth-order valence-electron chi connectivity index (χ4n) is 2.74. The molecule has 0 bridgehead atoms. The number of thiazole rings is 1. The van der Waals surface area contributed by atoms with Crippen molar-refractivity contribution in [2.24, 2.45) is 0 Å². The summed E-state index contributed by atoms with van der Waals surface area (Å²) in [4.78, 5) is 19.5. The summed E-state index contributed by atoms with van der Waals surface area (Å²) >= 11 is 1.37. The number of hydrogen-bond donors (Lipinski definition) is 2. The molecule has 3 N–H and O–H groups in total. The van der Waals surface area contributed by atoms with Crippen molar-refractivity contribution in [3.05, 3.63) is 4.88 Å². The zero-order valence-electron chi connectivity index (χ0n) is 12.3. The maximum Gasteiger partial charge on any atom is 0.268 e. The first-order valence-corrected chi connectivity index (χ1v) is 8.30. The highest BCUT2D eigenvalue weighted by Gasteiger charge is 2.29. The molecule has 1 amide bonds. The predicted octanol–water partition coefficient (Wildman–Crippen LogP) is 2.95. The number of anilines is 2. The summed E-state index contributed by atoms with van der Waals surface area (Å²) in [5.41, 5.74) is 5.91. The Bertz CT molecular complexity index is 458. The van der Waals surface area contributed by atoms with Crippen molar-refractivity contribution < 1.29 is 4.79 Å². The summed E-state index contributed by atoms with van der Waals surface area (Å²) in [5, 5.41) is 3.85. The van der Waals surface area contributed by atoms with Crippen LogP contribution in [0.15, 0.2) is 0 Å². The van der Waals surface area contributed by atoms with Gasteiger partial charge < -0.3 is 16.0 Å². The van der Waals surface area contributed by atoms with Crippen LogP contribution in [0.3, 0.4) is 0 Å². The number of amides is 1. The molecule has 0 aromatic carbocycles. The molecule has 1 unspecified atom stereocenters. The second kappa shape index (κ2) is 6.92. The molecule has 1 saturated heterocycles. The lowest BCUT2D eigenvalue weighted by Gasteiger charge is -2.35. The smallest absolute Gasteiger partial charge is 0.268 e. The predicted molar refractivity (Wildman–Crippen MR) is 84.3 cm³/mol. The lowest BCUT2D eigenvalue weighted by atomic mass is 9.98. The third-order valence-electron chi connectivity index (χ3n) is 3.69. The average Bonchev–Trinajstić information content (AvgIpc) is 2.80. The number of nitrogen functional groups attached to an aromatic ring is 1. The molecule has 1 aromatic heterocycles. The van der Waals surface area contributed by atoms with Gasteiger partial charge in [-0.05, 0) is 32.6 Å². The number of nitrogens with one attached hydrogen (secondary N) is 1. The molecule has 2 heterocycles. The molecule has 1 atom stereocenters. The van der Waals surface area contributed by atoms with E-state index in [1.165, 1.54) is 17.8 Å². The lowest BCUT2D eigenvalue weighted by molar-refractivity contribution is 0.0606. The zero-order valence-corrected chi connectivity index (χ0v) is 13.1. The van der Waals surface area contributed by atoms with E-state index in [9.17, 15) is 4.79 Å². The van der Waals surface area contributed by atoms with E-state index in [1.807, 2.05) is 11.8 Å². The Morgan fingerprint density at radius 3 is 3.00 bits per heavy atom. The van der Waals surface area contributed by atoms with Crippen molar-refractivity contribution in [1.82, 2.24) is 9.88 Å². The summed E-state index contributed by atoms with van der Waals surface area (Å²) in [6.45, 7) is 5.79. The van der Waals surface area contributed by atoms with E-state index >= 15 is 0 Å². The Labute approximate surface area is 124 Å². The van der Waals surface area contributed by atoms with Crippen molar-refractivity contribution in [3.8, 4) is 0 Å². The van der Waals surface area contributed by atoms with E-state index in [4.69, 9.17) is 5.73 Å². The third kappa shape index (κ3) is 3.23. The fourth-order valence-corrected chi connectivity index (χ4v) is 3.65. The van der Waals surface area contributed by atoms with Gasteiger partial charge in [0.2, 0.25) is 0 Å². The second-order valence-electron chi connectivity index (χ2n) is 5.20. The van der Waals surface area contributed by atoms with Crippen molar-refractivity contribution in [1.29, 1.82) is 0 Å². The van der Waals surface area contributed by atoms with Crippen LogP contribution in [0.25, 0.3) is 0 Å². The van der Waals surface area contributed by atoms with Crippen LogP contribution >= 0.6 is 11.3 Å². The summed E-state index contributed by atoms with van der Waals surface area (Å²) < 4.78 is 0. The molecule has 20 heavy (non-hydrogen) atoms. The Kier molecular flexibility index (Phi) is 5.23. The molecule has 1 aliphatic heterocycles. The van der Waals surface area contributed by atoms with Gasteiger partial charge in [-0.25, -0.2) is 4.98 Å². The molecular weight excluding hydrogens is 272 g/mol. The van der Waals surface area contributed by atoms with Crippen molar-refractivity contribution in [3.63, 3.8) is 0 Å². The fraction of sp³-hybridized carbons (Fsp3) is 0.714. The minimum atomic E-state index is 0.0577. The maximum atomic E-state index is 12.7. The molecule has 0 saturated carbocycles. The van der Waals surface area contributed by atoms with Crippen LogP contribution in [0.2, 0.25) is 0 Å². The van der Waals surface area contributed by atoms with E-state index < -0.39 is 0 Å². The van der Waals surface area contributed by atoms with E-state index in [1.54, 1.807) is 0 Å². The summed E-state index contributed by atoms with van der Waals surface area (Å²) in [6, 6.07) is 0.366. The number of carbonyl (C=O) groups is 1. The van der Waals surface area contributed by atoms with Crippen LogP contribution in [0.5, 0.6) is 0 Å². The minimum absolute atomic E-state index is 0.0577. The number of carbonyl (C=O) groups excluding carboxylic acids is 1. The number of piperidine rings is 1. The first-order valence-electron chi connectivity index (χ1n) is 7.48. The van der Waals surface area contributed by atoms with Gasteiger partial charge in [0.25, 0.3) is 5.91 Å². The molecule has 112 valence electrons. The molecular formula is C14H24N4OS. The molecule has 0 aliphatic carbocycles.